The number of nitrogens with two attached hydrogens (primary N) is 4. The molecule has 0 heterocycles. The van der Waals surface area contributed by atoms with E-state index < -0.39 is 78.3 Å². The third-order valence-corrected chi connectivity index (χ3v) is 7.39. The Morgan fingerprint density at radius 3 is 2.09 bits per heavy atom. The number of carbonyl (C=O) groups is 6. The number of aliphatic hydroxyl groups excluding tert-OH is 1. The summed E-state index contributed by atoms with van der Waals surface area (Å²) in [5.41, 5.74) is 22.8. The molecule has 0 saturated carbocycles. The molecule has 18 heteroatoms. The van der Waals surface area contributed by atoms with Gasteiger partial charge in [0.1, 0.15) is 24.2 Å². The van der Waals surface area contributed by atoms with E-state index >= 15 is 0 Å². The largest absolute Gasteiger partial charge is 0.391 e. The first-order valence-corrected chi connectivity index (χ1v) is 16.3. The van der Waals surface area contributed by atoms with Crippen LogP contribution in [0.25, 0.3) is 0 Å². The fourth-order valence-corrected chi connectivity index (χ4v) is 4.58. The molecule has 6 atom stereocenters. The van der Waals surface area contributed by atoms with Crippen LogP contribution in [-0.4, -0.2) is 108 Å². The van der Waals surface area contributed by atoms with Crippen molar-refractivity contribution in [3.63, 3.8) is 0 Å². The van der Waals surface area contributed by atoms with E-state index in [1.807, 2.05) is 6.26 Å². The Morgan fingerprint density at radius 2 is 1.51 bits per heavy atom. The summed E-state index contributed by atoms with van der Waals surface area (Å²) in [6, 6.07) is 3.18. The number of benzene rings is 1. The van der Waals surface area contributed by atoms with Gasteiger partial charge >= 0.3 is 0 Å². The number of nitrogens with zero attached hydrogens (tertiary/aromatic N) is 1. The molecule has 0 aliphatic carbocycles. The van der Waals surface area contributed by atoms with Gasteiger partial charge in [0.15, 0.2) is 5.96 Å². The fourth-order valence-electron chi connectivity index (χ4n) is 4.09. The number of carbonyl (C=O) groups excluding carboxylic acids is 6. The highest BCUT2D eigenvalue weighted by molar-refractivity contribution is 7.98. The Kier molecular flexibility index (Phi) is 18.5. The molecule has 0 aliphatic heterocycles. The molecule has 0 aromatic heterocycles. The molecular weight excluding hydrogens is 632 g/mol. The van der Waals surface area contributed by atoms with Gasteiger partial charge in [-0.25, -0.2) is 0 Å². The van der Waals surface area contributed by atoms with Gasteiger partial charge in [0.25, 0.3) is 0 Å². The van der Waals surface area contributed by atoms with E-state index in [1.165, 1.54) is 25.6 Å². The van der Waals surface area contributed by atoms with Gasteiger partial charge in [0, 0.05) is 13.0 Å². The van der Waals surface area contributed by atoms with E-state index in [0.29, 0.717) is 12.2 Å². The molecule has 1 aromatic carbocycles. The Labute approximate surface area is 278 Å². The van der Waals surface area contributed by atoms with E-state index in [4.69, 9.17) is 22.9 Å². The summed E-state index contributed by atoms with van der Waals surface area (Å²) in [6.45, 7) is 2.25. The highest BCUT2D eigenvalue weighted by Crippen LogP contribution is 2.05. The quantitative estimate of drug-likeness (QED) is 0.0342. The van der Waals surface area contributed by atoms with Gasteiger partial charge in [-0.05, 0) is 50.7 Å². The predicted octanol–water partition coefficient (Wildman–Crippen LogP) is -3.70. The van der Waals surface area contributed by atoms with E-state index in [9.17, 15) is 33.9 Å². The van der Waals surface area contributed by atoms with Crippen molar-refractivity contribution in [2.75, 3.05) is 25.1 Å². The van der Waals surface area contributed by atoms with Crippen molar-refractivity contribution in [3.05, 3.63) is 35.9 Å². The minimum absolute atomic E-state index is 0.0504. The molecule has 6 amide bonds. The van der Waals surface area contributed by atoms with Gasteiger partial charge in [0.05, 0.1) is 18.7 Å². The first kappa shape index (κ1) is 40.6. The molecule has 1 aromatic rings. The van der Waals surface area contributed by atoms with Crippen LogP contribution in [0, 0.1) is 0 Å². The van der Waals surface area contributed by atoms with Crippen molar-refractivity contribution < 1.29 is 33.9 Å². The molecule has 14 N–H and O–H groups in total. The number of rotatable bonds is 21. The molecule has 0 aliphatic rings. The second-order valence-corrected chi connectivity index (χ2v) is 11.8. The van der Waals surface area contributed by atoms with E-state index in [0.717, 1.165) is 5.56 Å². The van der Waals surface area contributed by atoms with E-state index in [-0.39, 0.29) is 31.8 Å². The summed E-state index contributed by atoms with van der Waals surface area (Å²) in [5, 5.41) is 22.4. The summed E-state index contributed by atoms with van der Waals surface area (Å²) in [5.74, 6) is -3.98. The zero-order chi connectivity index (χ0) is 35.5. The molecular formula is C29H48N10O7S. The van der Waals surface area contributed by atoms with Crippen molar-refractivity contribution in [1.29, 1.82) is 0 Å². The number of hydrogen-bond acceptors (Lipinski definition) is 10. The summed E-state index contributed by atoms with van der Waals surface area (Å²) < 4.78 is 0. The number of nitrogens with one attached hydrogen (secondary N) is 5. The Balaban J connectivity index is 2.87. The maximum absolute atomic E-state index is 13.1. The molecule has 0 spiro atoms. The molecule has 0 unspecified atom stereocenters. The van der Waals surface area contributed by atoms with Crippen LogP contribution in [0.5, 0.6) is 0 Å². The molecule has 0 bridgehead atoms. The number of thioether (sulfide) groups is 1. The standard InChI is InChI=1S/C29H48N10O7S/c1-16(36-28(46)23(17(2)40)39-26(44)19(30)11-13-47-3)25(43)38-20(10-7-12-34-29(32)33)27(45)35-15-22(41)37-21(24(31)42)14-18-8-5-4-6-9-18/h4-6,8-9,16-17,19-21,23,40H,7,10-15,30H2,1-3H3,(H2,31,42)(H,35,45)(H,36,46)(H,37,41)(H,38,43)(H,39,44)(H4,32,33,34)/t16-,17+,19-,20-,21-,23-/m0/s1. The highest BCUT2D eigenvalue weighted by atomic mass is 32.2. The summed E-state index contributed by atoms with van der Waals surface area (Å²) in [6.07, 6.45) is 1.35. The Bertz CT molecular complexity index is 1230. The smallest absolute Gasteiger partial charge is 0.245 e. The zero-order valence-corrected chi connectivity index (χ0v) is 27.7. The number of amides is 6. The van der Waals surface area contributed by atoms with Crippen LogP contribution >= 0.6 is 11.8 Å². The van der Waals surface area contributed by atoms with Crippen LogP contribution < -0.4 is 49.5 Å². The summed E-state index contributed by atoms with van der Waals surface area (Å²) in [4.78, 5) is 79.7. The number of aliphatic imine (C=N–C) groups is 1. The number of guanidine groups is 1. The minimum Gasteiger partial charge on any atom is -0.391 e. The van der Waals surface area contributed by atoms with Gasteiger partial charge in [-0.3, -0.25) is 33.8 Å². The average molecular weight is 681 g/mol. The second kappa shape index (κ2) is 21.4. The molecule has 47 heavy (non-hydrogen) atoms. The lowest BCUT2D eigenvalue weighted by molar-refractivity contribution is -0.135. The van der Waals surface area contributed by atoms with Crippen molar-refractivity contribution in [1.82, 2.24) is 26.6 Å². The number of aliphatic hydroxyl groups is 1. The average Bonchev–Trinajstić information content (AvgIpc) is 3.02. The zero-order valence-electron chi connectivity index (χ0n) is 26.9. The number of primary amides is 1. The normalized spacial score (nSPS) is 14.6. The van der Waals surface area contributed by atoms with Crippen LogP contribution in [0.15, 0.2) is 35.3 Å². The molecule has 17 nitrogen and oxygen atoms in total. The number of hydrogen-bond donors (Lipinski definition) is 10. The van der Waals surface area contributed by atoms with Crippen LogP contribution in [-0.2, 0) is 35.2 Å². The lowest BCUT2D eigenvalue weighted by atomic mass is 10.1. The van der Waals surface area contributed by atoms with Crippen molar-refractivity contribution in [2.24, 2.45) is 27.9 Å². The molecule has 262 valence electrons. The van der Waals surface area contributed by atoms with Crippen molar-refractivity contribution >= 4 is 53.2 Å². The van der Waals surface area contributed by atoms with E-state index in [1.54, 1.807) is 30.3 Å². The van der Waals surface area contributed by atoms with Crippen LogP contribution in [0.1, 0.15) is 38.7 Å². The molecule has 0 saturated heterocycles. The topological polar surface area (TPSA) is 299 Å². The SMILES string of the molecule is CSCC[C@H](N)C(=O)N[C@H](C(=O)N[C@@H](C)C(=O)N[C@@H](CCCN=C(N)N)C(=O)NCC(=O)N[C@@H](Cc1ccccc1)C(N)=O)[C@@H](C)O. The summed E-state index contributed by atoms with van der Waals surface area (Å²) >= 11 is 1.50. The first-order chi connectivity index (χ1) is 22.2. The van der Waals surface area contributed by atoms with Crippen LogP contribution in [0.3, 0.4) is 0 Å². The third-order valence-electron chi connectivity index (χ3n) is 6.75. The lowest BCUT2D eigenvalue weighted by Gasteiger charge is -2.25. The third kappa shape index (κ3) is 16.1. The molecule has 0 radical (unpaired) electrons. The Morgan fingerprint density at radius 1 is 0.851 bits per heavy atom. The molecule has 0 fully saturated rings. The predicted molar refractivity (Wildman–Crippen MR) is 178 cm³/mol. The highest BCUT2D eigenvalue weighted by Gasteiger charge is 2.31. The van der Waals surface area contributed by atoms with Crippen LogP contribution in [0.2, 0.25) is 0 Å². The lowest BCUT2D eigenvalue weighted by Crippen LogP contribution is -2.59. The first-order valence-electron chi connectivity index (χ1n) is 15.0. The van der Waals surface area contributed by atoms with Gasteiger partial charge in [-0.15, -0.1) is 0 Å². The van der Waals surface area contributed by atoms with Gasteiger partial charge < -0.3 is 54.6 Å². The fraction of sp³-hybridized carbons (Fsp3) is 0.552. The maximum Gasteiger partial charge on any atom is 0.245 e. The molecule has 1 rings (SSSR count). The van der Waals surface area contributed by atoms with Crippen LogP contribution in [0.4, 0.5) is 0 Å². The van der Waals surface area contributed by atoms with Gasteiger partial charge in [-0.1, -0.05) is 30.3 Å². The van der Waals surface area contributed by atoms with Crippen molar-refractivity contribution in [2.45, 2.75) is 75.8 Å². The maximum atomic E-state index is 13.1. The van der Waals surface area contributed by atoms with Gasteiger partial charge in [0.2, 0.25) is 35.4 Å². The Hall–Kier alpha value is -4.42. The van der Waals surface area contributed by atoms with Gasteiger partial charge in [-0.2, -0.15) is 11.8 Å². The summed E-state index contributed by atoms with van der Waals surface area (Å²) in [7, 11) is 0. The van der Waals surface area contributed by atoms with Crippen molar-refractivity contribution in [3.8, 4) is 0 Å². The minimum atomic E-state index is -1.40. The monoisotopic (exact) mass is 680 g/mol. The van der Waals surface area contributed by atoms with E-state index in [2.05, 4.69) is 31.6 Å². The second-order valence-electron chi connectivity index (χ2n) is 10.8.